The molecule has 0 unspecified atom stereocenters. The van der Waals surface area contributed by atoms with Crippen molar-refractivity contribution in [3.63, 3.8) is 0 Å². The lowest BCUT2D eigenvalue weighted by Crippen LogP contribution is -2.18. The lowest BCUT2D eigenvalue weighted by Gasteiger charge is -2.18. The Morgan fingerprint density at radius 2 is 1.72 bits per heavy atom. The van der Waals surface area contributed by atoms with E-state index in [0.29, 0.717) is 30.4 Å². The van der Waals surface area contributed by atoms with Crippen LogP contribution >= 0.6 is 22.6 Å². The average Bonchev–Trinajstić information content (AvgIpc) is 2.62. The van der Waals surface area contributed by atoms with Crippen molar-refractivity contribution in [1.82, 2.24) is 0 Å². The second-order valence-corrected chi connectivity index (χ2v) is 8.78. The number of hydrogen-bond acceptors (Lipinski definition) is 5. The smallest absolute Gasteiger partial charge is 0.225 e. The lowest BCUT2D eigenvalue weighted by atomic mass is 10.3. The normalized spacial score (nSPS) is 13.3. The van der Waals surface area contributed by atoms with Crippen LogP contribution in [0.25, 0.3) is 0 Å². The van der Waals surface area contributed by atoms with Gasteiger partial charge in [0.2, 0.25) is 5.91 Å². The van der Waals surface area contributed by atoms with Crippen LogP contribution in [0.1, 0.15) is 6.42 Å². The van der Waals surface area contributed by atoms with E-state index in [4.69, 9.17) is 9.47 Å². The average molecular weight is 473 g/mol. The highest BCUT2D eigenvalue weighted by Crippen LogP contribution is 2.32. The maximum absolute atomic E-state index is 12.4. The van der Waals surface area contributed by atoms with Crippen LogP contribution in [-0.2, 0) is 14.6 Å². The fourth-order valence-electron chi connectivity index (χ4n) is 2.32. The van der Waals surface area contributed by atoms with E-state index in [-0.39, 0.29) is 23.0 Å². The number of fused-ring (bicyclic) bond motifs is 1. The Kier molecular flexibility index (Phi) is 5.48. The van der Waals surface area contributed by atoms with Crippen LogP contribution in [0.15, 0.2) is 47.4 Å². The Morgan fingerprint density at radius 3 is 2.44 bits per heavy atom. The standard InChI is InChI=1S/C17H16INO5S/c18-12-1-3-13(4-2-12)19-17(20)7-10-25(21,22)14-5-6-15-16(11-14)24-9-8-23-15/h1-6,11H,7-10H2,(H,19,20). The van der Waals surface area contributed by atoms with Gasteiger partial charge in [0.15, 0.2) is 21.3 Å². The molecule has 0 radical (unpaired) electrons. The molecule has 132 valence electrons. The highest BCUT2D eigenvalue weighted by atomic mass is 127. The van der Waals surface area contributed by atoms with Gasteiger partial charge in [-0.15, -0.1) is 0 Å². The van der Waals surface area contributed by atoms with Crippen molar-refractivity contribution >= 4 is 44.0 Å². The number of sulfone groups is 1. The van der Waals surface area contributed by atoms with E-state index in [1.54, 1.807) is 18.2 Å². The molecule has 0 fully saturated rings. The quantitative estimate of drug-likeness (QED) is 0.676. The Hall–Kier alpha value is -1.81. The first kappa shape index (κ1) is 18.0. The van der Waals surface area contributed by atoms with Crippen molar-refractivity contribution in [2.45, 2.75) is 11.3 Å². The lowest BCUT2D eigenvalue weighted by molar-refractivity contribution is -0.115. The van der Waals surface area contributed by atoms with E-state index < -0.39 is 9.84 Å². The second-order valence-electron chi connectivity index (χ2n) is 5.43. The van der Waals surface area contributed by atoms with Gasteiger partial charge in [0.1, 0.15) is 13.2 Å². The minimum atomic E-state index is -3.59. The number of amides is 1. The highest BCUT2D eigenvalue weighted by molar-refractivity contribution is 14.1. The molecule has 1 aliphatic heterocycles. The number of rotatable bonds is 5. The van der Waals surface area contributed by atoms with Gasteiger partial charge in [-0.3, -0.25) is 4.79 Å². The third kappa shape index (κ3) is 4.63. The Balaban J connectivity index is 1.63. The van der Waals surface area contributed by atoms with Crippen molar-refractivity contribution in [3.8, 4) is 11.5 Å². The summed E-state index contributed by atoms with van der Waals surface area (Å²) in [6, 6.07) is 11.8. The van der Waals surface area contributed by atoms with Gasteiger partial charge in [-0.25, -0.2) is 8.42 Å². The van der Waals surface area contributed by atoms with Crippen LogP contribution in [0.4, 0.5) is 5.69 Å². The molecule has 8 heteroatoms. The number of ether oxygens (including phenoxy) is 2. The Labute approximate surface area is 159 Å². The van der Waals surface area contributed by atoms with Crippen LogP contribution in [-0.4, -0.2) is 33.3 Å². The molecular formula is C17H16INO5S. The summed E-state index contributed by atoms with van der Waals surface area (Å²) in [5.41, 5.74) is 0.641. The van der Waals surface area contributed by atoms with Gasteiger partial charge in [0.25, 0.3) is 0 Å². The predicted molar refractivity (Wildman–Crippen MR) is 102 cm³/mol. The Bertz CT molecular complexity index is 880. The summed E-state index contributed by atoms with van der Waals surface area (Å²) in [6.45, 7) is 0.826. The van der Waals surface area contributed by atoms with E-state index in [1.807, 2.05) is 12.1 Å². The molecule has 1 heterocycles. The number of hydrogen-bond donors (Lipinski definition) is 1. The van der Waals surface area contributed by atoms with Gasteiger partial charge >= 0.3 is 0 Å². The fraction of sp³-hybridized carbons (Fsp3) is 0.235. The zero-order valence-corrected chi connectivity index (χ0v) is 16.2. The predicted octanol–water partition coefficient (Wildman–Crippen LogP) is 2.86. The summed E-state index contributed by atoms with van der Waals surface area (Å²) in [5.74, 6) is 0.322. The topological polar surface area (TPSA) is 81.7 Å². The highest BCUT2D eigenvalue weighted by Gasteiger charge is 2.20. The molecule has 1 amide bonds. The van der Waals surface area contributed by atoms with Crippen molar-refractivity contribution in [1.29, 1.82) is 0 Å². The van der Waals surface area contributed by atoms with Gasteiger partial charge in [0, 0.05) is 21.7 Å². The molecule has 0 atom stereocenters. The van der Waals surface area contributed by atoms with Crippen molar-refractivity contribution in [2.75, 3.05) is 24.3 Å². The van der Waals surface area contributed by atoms with E-state index >= 15 is 0 Å². The van der Waals surface area contributed by atoms with Crippen LogP contribution in [0.5, 0.6) is 11.5 Å². The molecule has 0 bridgehead atoms. The summed E-state index contributed by atoms with van der Waals surface area (Å²) in [6.07, 6.45) is -0.122. The monoisotopic (exact) mass is 473 g/mol. The molecule has 0 spiro atoms. The largest absolute Gasteiger partial charge is 0.486 e. The summed E-state index contributed by atoms with van der Waals surface area (Å²) in [4.78, 5) is 12.1. The molecule has 1 N–H and O–H groups in total. The van der Waals surface area contributed by atoms with Gasteiger partial charge in [0.05, 0.1) is 10.6 Å². The molecule has 2 aromatic rings. The third-order valence-corrected chi connectivity index (χ3v) is 6.03. The minimum Gasteiger partial charge on any atom is -0.486 e. The first-order valence-electron chi connectivity index (χ1n) is 7.62. The van der Waals surface area contributed by atoms with Crippen molar-refractivity contribution in [3.05, 3.63) is 46.0 Å². The van der Waals surface area contributed by atoms with Crippen LogP contribution in [0.3, 0.4) is 0 Å². The zero-order chi connectivity index (χ0) is 17.9. The number of nitrogens with one attached hydrogen (secondary N) is 1. The molecule has 6 nitrogen and oxygen atoms in total. The molecule has 0 saturated carbocycles. The maximum atomic E-state index is 12.4. The molecule has 25 heavy (non-hydrogen) atoms. The zero-order valence-electron chi connectivity index (χ0n) is 13.2. The van der Waals surface area contributed by atoms with E-state index in [9.17, 15) is 13.2 Å². The van der Waals surface area contributed by atoms with Crippen molar-refractivity contribution < 1.29 is 22.7 Å². The summed E-state index contributed by atoms with van der Waals surface area (Å²) >= 11 is 2.17. The third-order valence-electron chi connectivity index (χ3n) is 3.60. The molecule has 0 aliphatic carbocycles. The molecule has 0 aromatic heterocycles. The van der Waals surface area contributed by atoms with E-state index in [2.05, 4.69) is 27.9 Å². The van der Waals surface area contributed by atoms with Gasteiger partial charge in [-0.05, 0) is 59.0 Å². The summed E-state index contributed by atoms with van der Waals surface area (Å²) in [7, 11) is -3.59. The number of halogens is 1. The van der Waals surface area contributed by atoms with Gasteiger partial charge in [-0.1, -0.05) is 0 Å². The number of benzene rings is 2. The van der Waals surface area contributed by atoms with E-state index in [1.165, 1.54) is 12.1 Å². The minimum absolute atomic E-state index is 0.122. The van der Waals surface area contributed by atoms with Gasteiger partial charge < -0.3 is 14.8 Å². The fourth-order valence-corrected chi connectivity index (χ4v) is 3.93. The van der Waals surface area contributed by atoms with Crippen LogP contribution < -0.4 is 14.8 Å². The van der Waals surface area contributed by atoms with Crippen LogP contribution in [0, 0.1) is 3.57 Å². The maximum Gasteiger partial charge on any atom is 0.225 e. The van der Waals surface area contributed by atoms with E-state index in [0.717, 1.165) is 3.57 Å². The van der Waals surface area contributed by atoms with Crippen LogP contribution in [0.2, 0.25) is 0 Å². The Morgan fingerprint density at radius 1 is 1.04 bits per heavy atom. The number of carbonyl (C=O) groups is 1. The first-order chi connectivity index (χ1) is 11.9. The molecule has 3 rings (SSSR count). The summed E-state index contributed by atoms with van der Waals surface area (Å²) < 4.78 is 36.7. The number of anilines is 1. The number of carbonyl (C=O) groups excluding carboxylic acids is 1. The molecule has 2 aromatic carbocycles. The SMILES string of the molecule is O=C(CCS(=O)(=O)c1ccc2c(c1)OCCO2)Nc1ccc(I)cc1. The molecule has 0 saturated heterocycles. The first-order valence-corrected chi connectivity index (χ1v) is 10.3. The van der Waals surface area contributed by atoms with Gasteiger partial charge in [-0.2, -0.15) is 0 Å². The molecule has 1 aliphatic rings. The molecular weight excluding hydrogens is 457 g/mol. The second kappa shape index (κ2) is 7.61. The van der Waals surface area contributed by atoms with Crippen molar-refractivity contribution in [2.24, 2.45) is 0 Å². The summed E-state index contributed by atoms with van der Waals surface area (Å²) in [5, 5.41) is 2.69.